The van der Waals surface area contributed by atoms with Gasteiger partial charge in [-0.1, -0.05) is 0 Å². The Bertz CT molecular complexity index is 1310. The highest BCUT2D eigenvalue weighted by molar-refractivity contribution is 5.75. The van der Waals surface area contributed by atoms with Crippen LogP contribution >= 0.6 is 0 Å². The third kappa shape index (κ3) is 5.88. The number of carboxylic acid groups (broad SMARTS) is 1. The molecule has 3 aromatic rings. The molecule has 14 heteroatoms. The lowest BCUT2D eigenvalue weighted by atomic mass is 9.85. The van der Waals surface area contributed by atoms with Gasteiger partial charge in [-0.05, 0) is 37.1 Å². The maximum absolute atomic E-state index is 14.1. The van der Waals surface area contributed by atoms with E-state index in [2.05, 4.69) is 15.0 Å². The molecular formula is C21H19F6N5O3. The first-order chi connectivity index (χ1) is 16.3. The topological polar surface area (TPSA) is 125 Å². The van der Waals surface area contributed by atoms with Gasteiger partial charge in [0.2, 0.25) is 0 Å². The maximum Gasteiger partial charge on any atom is 0.490 e. The highest BCUT2D eigenvalue weighted by Crippen LogP contribution is 2.32. The van der Waals surface area contributed by atoms with Gasteiger partial charge in [0.25, 0.3) is 5.56 Å². The first-order valence-corrected chi connectivity index (χ1v) is 10.1. The fraction of sp³-hybridized carbons (Fsp3) is 0.333. The molecule has 2 atom stereocenters. The van der Waals surface area contributed by atoms with E-state index < -0.39 is 41.6 Å². The van der Waals surface area contributed by atoms with Gasteiger partial charge in [-0.25, -0.2) is 27.9 Å². The largest absolute Gasteiger partial charge is 0.490 e. The highest BCUT2D eigenvalue weighted by Gasteiger charge is 2.38. The molecule has 0 unspecified atom stereocenters. The van der Waals surface area contributed by atoms with Gasteiger partial charge in [-0.2, -0.15) is 13.2 Å². The van der Waals surface area contributed by atoms with Crippen LogP contribution in [-0.2, 0) is 4.79 Å². The Morgan fingerprint density at radius 3 is 2.37 bits per heavy atom. The summed E-state index contributed by atoms with van der Waals surface area (Å²) in [6.45, 7) is 2.50. The number of H-pyrrole nitrogens is 1. The monoisotopic (exact) mass is 503 g/mol. The molecule has 0 saturated carbocycles. The van der Waals surface area contributed by atoms with Gasteiger partial charge in [0.1, 0.15) is 17.5 Å². The number of aromatic amines is 1. The van der Waals surface area contributed by atoms with Crippen LogP contribution in [-0.4, -0.2) is 51.3 Å². The van der Waals surface area contributed by atoms with Crippen molar-refractivity contribution in [3.8, 4) is 0 Å². The second-order valence-corrected chi connectivity index (χ2v) is 7.78. The molecule has 0 aliphatic carbocycles. The SMILES string of the molecule is Cc1nc2ccc(N3CC[C@H](c4cc(F)c(F)cc4F)[C@@H](N)C3)nc2c(=O)[nH]1.O=C(O)C(F)(F)F. The number of fused-ring (bicyclic) bond motifs is 1. The van der Waals surface area contributed by atoms with E-state index in [1.54, 1.807) is 19.1 Å². The Kier molecular flexibility index (Phi) is 7.33. The number of nitrogens with two attached hydrogens (primary N) is 1. The number of carbonyl (C=O) groups is 1. The summed E-state index contributed by atoms with van der Waals surface area (Å²) in [5.74, 6) is -5.26. The molecular weight excluding hydrogens is 484 g/mol. The molecule has 0 bridgehead atoms. The van der Waals surface area contributed by atoms with E-state index in [4.69, 9.17) is 15.6 Å². The number of carboxylic acids is 1. The van der Waals surface area contributed by atoms with Crippen molar-refractivity contribution in [3.63, 3.8) is 0 Å². The van der Waals surface area contributed by atoms with Crippen LogP contribution in [0.15, 0.2) is 29.1 Å². The quantitative estimate of drug-likeness (QED) is 0.363. The Balaban J connectivity index is 0.000000429. The minimum atomic E-state index is -5.08. The molecule has 1 saturated heterocycles. The summed E-state index contributed by atoms with van der Waals surface area (Å²) in [6, 6.07) is 4.38. The number of nitrogens with one attached hydrogen (secondary N) is 1. The van der Waals surface area contributed by atoms with E-state index in [1.807, 2.05) is 4.90 Å². The summed E-state index contributed by atoms with van der Waals surface area (Å²) in [4.78, 5) is 34.2. The van der Waals surface area contributed by atoms with Crippen LogP contribution in [0.3, 0.4) is 0 Å². The molecule has 1 aliphatic rings. The fourth-order valence-electron chi connectivity index (χ4n) is 3.71. The molecule has 3 heterocycles. The van der Waals surface area contributed by atoms with Crippen LogP contribution in [0.5, 0.6) is 0 Å². The average molecular weight is 503 g/mol. The van der Waals surface area contributed by atoms with Crippen molar-refractivity contribution in [1.82, 2.24) is 15.0 Å². The highest BCUT2D eigenvalue weighted by atomic mass is 19.4. The second kappa shape index (κ2) is 9.90. The van der Waals surface area contributed by atoms with E-state index >= 15 is 0 Å². The number of benzene rings is 1. The second-order valence-electron chi connectivity index (χ2n) is 7.78. The number of nitrogens with zero attached hydrogens (tertiary/aromatic N) is 3. The number of anilines is 1. The van der Waals surface area contributed by atoms with Crippen LogP contribution < -0.4 is 16.2 Å². The number of halogens is 6. The molecule has 188 valence electrons. The van der Waals surface area contributed by atoms with E-state index in [1.165, 1.54) is 0 Å². The number of piperidine rings is 1. The van der Waals surface area contributed by atoms with E-state index in [9.17, 15) is 31.1 Å². The molecule has 35 heavy (non-hydrogen) atoms. The molecule has 1 aliphatic heterocycles. The van der Waals surface area contributed by atoms with Crippen molar-refractivity contribution in [3.05, 3.63) is 63.5 Å². The van der Waals surface area contributed by atoms with Crippen molar-refractivity contribution < 1.29 is 36.2 Å². The van der Waals surface area contributed by atoms with Crippen LogP contribution in [0.2, 0.25) is 0 Å². The molecule has 0 radical (unpaired) electrons. The van der Waals surface area contributed by atoms with Gasteiger partial charge in [0.05, 0.1) is 5.52 Å². The lowest BCUT2D eigenvalue weighted by Gasteiger charge is -2.37. The molecule has 0 amide bonds. The summed E-state index contributed by atoms with van der Waals surface area (Å²) in [5.41, 5.74) is 6.70. The zero-order valence-electron chi connectivity index (χ0n) is 18.0. The average Bonchev–Trinajstić information content (AvgIpc) is 2.76. The number of hydrogen-bond donors (Lipinski definition) is 3. The number of rotatable bonds is 2. The Morgan fingerprint density at radius 2 is 1.77 bits per heavy atom. The van der Waals surface area contributed by atoms with Crippen molar-refractivity contribution in [2.24, 2.45) is 5.73 Å². The summed E-state index contributed by atoms with van der Waals surface area (Å²) >= 11 is 0. The molecule has 2 aromatic heterocycles. The lowest BCUT2D eigenvalue weighted by molar-refractivity contribution is -0.192. The van der Waals surface area contributed by atoms with Gasteiger partial charge in [0.15, 0.2) is 17.2 Å². The number of pyridine rings is 1. The van der Waals surface area contributed by atoms with Crippen molar-refractivity contribution in [2.45, 2.75) is 31.5 Å². The van der Waals surface area contributed by atoms with Crippen LogP contribution in [0.25, 0.3) is 11.0 Å². The smallest absolute Gasteiger partial charge is 0.475 e. The van der Waals surface area contributed by atoms with Gasteiger partial charge >= 0.3 is 12.1 Å². The third-order valence-electron chi connectivity index (χ3n) is 5.32. The zero-order chi connectivity index (χ0) is 26.1. The van der Waals surface area contributed by atoms with E-state index in [0.29, 0.717) is 42.7 Å². The van der Waals surface area contributed by atoms with Crippen molar-refractivity contribution >= 4 is 22.8 Å². The number of alkyl halides is 3. The normalized spacial score (nSPS) is 18.2. The van der Waals surface area contributed by atoms with Crippen molar-refractivity contribution in [1.29, 1.82) is 0 Å². The predicted octanol–water partition coefficient (Wildman–Crippen LogP) is 3.00. The van der Waals surface area contributed by atoms with Crippen molar-refractivity contribution in [2.75, 3.05) is 18.0 Å². The summed E-state index contributed by atoms with van der Waals surface area (Å²) in [6.07, 6.45) is -4.65. The first-order valence-electron chi connectivity index (χ1n) is 10.1. The lowest BCUT2D eigenvalue weighted by Crippen LogP contribution is -2.48. The molecule has 1 aromatic carbocycles. The molecule has 4 rings (SSSR count). The Hall–Kier alpha value is -3.68. The molecule has 8 nitrogen and oxygen atoms in total. The van der Waals surface area contributed by atoms with E-state index in [-0.39, 0.29) is 16.6 Å². The number of aryl methyl sites for hydroxylation is 1. The number of aromatic nitrogens is 3. The molecule has 1 fully saturated rings. The standard InChI is InChI=1S/C19H18F3N5O.C2HF3O2/c1-9-24-16-2-3-17(26-18(16)19(28)25-9)27-5-4-10(15(23)8-27)11-6-13(21)14(22)7-12(11)20;3-2(4,5)1(6)7/h2-3,6-7,10,15H,4-5,8,23H2,1H3,(H,24,25,28);(H,6,7)/t10-,15+;/m1./s1. The summed E-state index contributed by atoms with van der Waals surface area (Å²) in [5, 5.41) is 7.12. The Morgan fingerprint density at radius 1 is 1.14 bits per heavy atom. The molecule has 0 spiro atoms. The predicted molar refractivity (Wildman–Crippen MR) is 112 cm³/mol. The van der Waals surface area contributed by atoms with E-state index in [0.717, 1.165) is 6.07 Å². The van der Waals surface area contributed by atoms with Crippen LogP contribution in [0.4, 0.5) is 32.2 Å². The first kappa shape index (κ1) is 25.9. The van der Waals surface area contributed by atoms with Crippen LogP contribution in [0, 0.1) is 24.4 Å². The molecule has 4 N–H and O–H groups in total. The summed E-state index contributed by atoms with van der Waals surface area (Å²) < 4.78 is 72.6. The maximum atomic E-state index is 14.1. The zero-order valence-corrected chi connectivity index (χ0v) is 18.0. The third-order valence-corrected chi connectivity index (χ3v) is 5.32. The minimum Gasteiger partial charge on any atom is -0.475 e. The Labute approximate surface area is 193 Å². The van der Waals surface area contributed by atoms with Gasteiger partial charge < -0.3 is 20.7 Å². The van der Waals surface area contributed by atoms with Gasteiger partial charge in [0, 0.05) is 31.1 Å². The van der Waals surface area contributed by atoms with Crippen LogP contribution in [0.1, 0.15) is 23.7 Å². The summed E-state index contributed by atoms with van der Waals surface area (Å²) in [7, 11) is 0. The van der Waals surface area contributed by atoms with Gasteiger partial charge in [-0.3, -0.25) is 4.79 Å². The van der Waals surface area contributed by atoms with Gasteiger partial charge in [-0.15, -0.1) is 0 Å². The number of hydrogen-bond acceptors (Lipinski definition) is 6. The minimum absolute atomic E-state index is 0.0774. The number of aliphatic carboxylic acids is 1. The fourth-order valence-corrected chi connectivity index (χ4v) is 3.71.